The summed E-state index contributed by atoms with van der Waals surface area (Å²) >= 11 is 0. The maximum absolute atomic E-state index is 9.88. The monoisotopic (exact) mass is 249 g/mol. The van der Waals surface area contributed by atoms with Crippen LogP contribution in [0.3, 0.4) is 0 Å². The van der Waals surface area contributed by atoms with Gasteiger partial charge in [-0.15, -0.1) is 9.05 Å². The van der Waals surface area contributed by atoms with E-state index in [1.807, 2.05) is 0 Å². The van der Waals surface area contributed by atoms with Crippen molar-refractivity contribution in [2.75, 3.05) is 34.5 Å². The molecule has 1 rings (SSSR count). The van der Waals surface area contributed by atoms with E-state index in [4.69, 9.17) is 0 Å². The predicted molar refractivity (Wildman–Crippen MR) is 65.0 cm³/mol. The number of unbranched alkanes of at least 4 members (excludes halogenated alkanes) is 1. The second-order valence-corrected chi connectivity index (χ2v) is 4.63. The summed E-state index contributed by atoms with van der Waals surface area (Å²) in [6, 6.07) is 0. The summed E-state index contributed by atoms with van der Waals surface area (Å²) in [5.74, 6) is 0. The van der Waals surface area contributed by atoms with E-state index in [1.54, 1.807) is 0 Å². The standard InChI is InChI=1S/C8H16N2.C2H6O3P/c1-3-4-5-10-7-6-9(2)8-10;1-4-6(3)5-2/h6-7H,3-5,8H2,1-2H3;1-2H3/q;+1. The minimum Gasteiger partial charge on any atom is -0.362 e. The molecule has 0 aromatic carbocycles. The molecule has 0 fully saturated rings. The molecule has 94 valence electrons. The minimum atomic E-state index is -1.83. The Morgan fingerprint density at radius 2 is 1.94 bits per heavy atom. The van der Waals surface area contributed by atoms with Gasteiger partial charge in [-0.1, -0.05) is 13.3 Å². The van der Waals surface area contributed by atoms with Crippen LogP contribution < -0.4 is 0 Å². The molecule has 0 radical (unpaired) electrons. The summed E-state index contributed by atoms with van der Waals surface area (Å²) in [5, 5.41) is 0. The van der Waals surface area contributed by atoms with Crippen molar-refractivity contribution in [3.05, 3.63) is 12.4 Å². The molecular formula is C10H22N2O3P+. The van der Waals surface area contributed by atoms with E-state index in [2.05, 4.69) is 45.2 Å². The van der Waals surface area contributed by atoms with Gasteiger partial charge in [-0.2, -0.15) is 0 Å². The highest BCUT2D eigenvalue weighted by atomic mass is 31.1. The van der Waals surface area contributed by atoms with Gasteiger partial charge in [-0.3, -0.25) is 0 Å². The van der Waals surface area contributed by atoms with E-state index in [-0.39, 0.29) is 0 Å². The Bertz CT molecular complexity index is 218. The summed E-state index contributed by atoms with van der Waals surface area (Å²) in [6.07, 6.45) is 6.87. The first-order valence-corrected chi connectivity index (χ1v) is 6.41. The molecule has 0 saturated carbocycles. The Morgan fingerprint density at radius 1 is 1.31 bits per heavy atom. The van der Waals surface area contributed by atoms with Crippen LogP contribution >= 0.6 is 8.25 Å². The Hall–Kier alpha value is -0.640. The van der Waals surface area contributed by atoms with E-state index in [0.717, 1.165) is 6.67 Å². The number of rotatable bonds is 5. The molecule has 0 spiro atoms. The van der Waals surface area contributed by atoms with Crippen molar-refractivity contribution in [3.8, 4) is 0 Å². The SMILES string of the molecule is CCCCN1C=CN(C)C1.CO[P+](=O)OC. The van der Waals surface area contributed by atoms with Crippen LogP contribution in [-0.4, -0.2) is 44.3 Å². The van der Waals surface area contributed by atoms with Crippen LogP contribution in [0.2, 0.25) is 0 Å². The number of hydrogen-bond donors (Lipinski definition) is 0. The van der Waals surface area contributed by atoms with Gasteiger partial charge in [0.2, 0.25) is 0 Å². The lowest BCUT2D eigenvalue weighted by atomic mass is 10.3. The summed E-state index contributed by atoms with van der Waals surface area (Å²) in [4.78, 5) is 4.53. The van der Waals surface area contributed by atoms with E-state index >= 15 is 0 Å². The smallest absolute Gasteiger partial charge is 0.362 e. The fourth-order valence-electron chi connectivity index (χ4n) is 1.17. The summed E-state index contributed by atoms with van der Waals surface area (Å²) in [7, 11) is 2.92. The van der Waals surface area contributed by atoms with Gasteiger partial charge >= 0.3 is 8.25 Å². The Kier molecular flexibility index (Phi) is 9.19. The van der Waals surface area contributed by atoms with Crippen molar-refractivity contribution in [2.45, 2.75) is 19.8 Å². The Labute approximate surface area is 99.0 Å². The highest BCUT2D eigenvalue weighted by Crippen LogP contribution is 2.18. The number of nitrogens with zero attached hydrogens (tertiary/aromatic N) is 2. The normalized spacial score (nSPS) is 13.8. The van der Waals surface area contributed by atoms with E-state index in [0.29, 0.717) is 0 Å². The first-order chi connectivity index (χ1) is 7.63. The third-order valence-electron chi connectivity index (χ3n) is 2.03. The molecule has 1 aliphatic rings. The molecule has 0 unspecified atom stereocenters. The molecular weight excluding hydrogens is 227 g/mol. The third-order valence-corrected chi connectivity index (χ3v) is 2.63. The first kappa shape index (κ1) is 15.4. The Balaban J connectivity index is 0.000000325. The lowest BCUT2D eigenvalue weighted by Crippen LogP contribution is -2.23. The van der Waals surface area contributed by atoms with Gasteiger partial charge in [-0.05, 0) is 6.42 Å². The predicted octanol–water partition coefficient (Wildman–Crippen LogP) is 2.40. The highest BCUT2D eigenvalue weighted by Gasteiger charge is 2.10. The maximum atomic E-state index is 9.88. The number of hydrogen-bond acceptors (Lipinski definition) is 5. The van der Waals surface area contributed by atoms with Crippen molar-refractivity contribution in [3.63, 3.8) is 0 Å². The second kappa shape index (κ2) is 9.58. The van der Waals surface area contributed by atoms with Crippen molar-refractivity contribution in [1.82, 2.24) is 9.80 Å². The minimum absolute atomic E-state index is 1.07. The molecule has 0 atom stereocenters. The van der Waals surface area contributed by atoms with Crippen molar-refractivity contribution in [2.24, 2.45) is 0 Å². The zero-order chi connectivity index (χ0) is 12.4. The van der Waals surface area contributed by atoms with E-state index < -0.39 is 8.25 Å². The van der Waals surface area contributed by atoms with Crippen LogP contribution in [-0.2, 0) is 13.6 Å². The average molecular weight is 249 g/mol. The van der Waals surface area contributed by atoms with Crippen LogP contribution in [0.1, 0.15) is 19.8 Å². The zero-order valence-corrected chi connectivity index (χ0v) is 11.4. The van der Waals surface area contributed by atoms with Gasteiger partial charge in [0, 0.05) is 30.6 Å². The molecule has 16 heavy (non-hydrogen) atoms. The van der Waals surface area contributed by atoms with E-state index in [1.165, 1.54) is 33.6 Å². The van der Waals surface area contributed by atoms with Crippen molar-refractivity contribution >= 4 is 8.25 Å². The van der Waals surface area contributed by atoms with Crippen LogP contribution in [0.5, 0.6) is 0 Å². The fourth-order valence-corrected chi connectivity index (χ4v) is 1.32. The summed E-state index contributed by atoms with van der Waals surface area (Å²) in [6.45, 7) is 4.50. The van der Waals surface area contributed by atoms with Gasteiger partial charge in [0.25, 0.3) is 0 Å². The second-order valence-electron chi connectivity index (χ2n) is 3.45. The van der Waals surface area contributed by atoms with Gasteiger partial charge in [-0.25, -0.2) is 0 Å². The maximum Gasteiger partial charge on any atom is 0.696 e. The third kappa shape index (κ3) is 7.63. The van der Waals surface area contributed by atoms with Gasteiger partial charge < -0.3 is 9.80 Å². The van der Waals surface area contributed by atoms with Gasteiger partial charge in [0.1, 0.15) is 0 Å². The summed E-state index contributed by atoms with van der Waals surface area (Å²) < 4.78 is 18.3. The molecule has 0 aliphatic carbocycles. The fraction of sp³-hybridized carbons (Fsp3) is 0.800. The van der Waals surface area contributed by atoms with E-state index in [9.17, 15) is 4.57 Å². The largest absolute Gasteiger partial charge is 0.696 e. The van der Waals surface area contributed by atoms with Crippen molar-refractivity contribution in [1.29, 1.82) is 0 Å². The van der Waals surface area contributed by atoms with Crippen molar-refractivity contribution < 1.29 is 13.6 Å². The first-order valence-electron chi connectivity index (χ1n) is 5.32. The topological polar surface area (TPSA) is 42.0 Å². The molecule has 0 N–H and O–H groups in total. The molecule has 6 heteroatoms. The quantitative estimate of drug-likeness (QED) is 0.700. The molecule has 0 aromatic heterocycles. The van der Waals surface area contributed by atoms with Gasteiger partial charge in [0.15, 0.2) is 0 Å². The molecule has 0 aromatic rings. The lowest BCUT2D eigenvalue weighted by molar-refractivity contribution is 0.293. The Morgan fingerprint density at radius 3 is 2.25 bits per heavy atom. The van der Waals surface area contributed by atoms with Crippen LogP contribution in [0, 0.1) is 0 Å². The van der Waals surface area contributed by atoms with Crippen LogP contribution in [0.4, 0.5) is 0 Å². The molecule has 1 aliphatic heterocycles. The molecule has 0 bridgehead atoms. The molecule has 0 amide bonds. The van der Waals surface area contributed by atoms with Crippen LogP contribution in [0.25, 0.3) is 0 Å². The highest BCUT2D eigenvalue weighted by molar-refractivity contribution is 7.33. The van der Waals surface area contributed by atoms with Gasteiger partial charge in [0.05, 0.1) is 20.9 Å². The molecule has 0 saturated heterocycles. The van der Waals surface area contributed by atoms with Crippen LogP contribution in [0.15, 0.2) is 12.4 Å². The molecule has 5 nitrogen and oxygen atoms in total. The zero-order valence-electron chi connectivity index (χ0n) is 10.5. The summed E-state index contributed by atoms with van der Waals surface area (Å²) in [5.41, 5.74) is 0. The lowest BCUT2D eigenvalue weighted by Gasteiger charge is -2.17. The average Bonchev–Trinajstić information content (AvgIpc) is 2.72. The molecule has 1 heterocycles.